The first kappa shape index (κ1) is 18.4. The number of methoxy groups -OCH3 is 1. The van der Waals surface area contributed by atoms with E-state index in [2.05, 4.69) is 5.32 Å². The van der Waals surface area contributed by atoms with Crippen LogP contribution < -0.4 is 10.1 Å². The third-order valence-corrected chi connectivity index (χ3v) is 6.28. The average Bonchev–Trinajstić information content (AvgIpc) is 3.18. The van der Waals surface area contributed by atoms with Crippen LogP contribution in [-0.2, 0) is 21.2 Å². The van der Waals surface area contributed by atoms with E-state index in [1.165, 1.54) is 16.4 Å². The second-order valence-electron chi connectivity index (χ2n) is 6.21. The molecule has 1 saturated heterocycles. The lowest BCUT2D eigenvalue weighted by Crippen LogP contribution is -2.27. The molecule has 2 aromatic carbocycles. The van der Waals surface area contributed by atoms with Crippen LogP contribution in [0.3, 0.4) is 0 Å². The predicted molar refractivity (Wildman–Crippen MR) is 99.8 cm³/mol. The van der Waals surface area contributed by atoms with E-state index in [0.29, 0.717) is 18.8 Å². The molecule has 1 amide bonds. The lowest BCUT2D eigenvalue weighted by molar-refractivity contribution is -0.115. The fourth-order valence-electron chi connectivity index (χ4n) is 2.92. The molecule has 0 atom stereocenters. The normalized spacial score (nSPS) is 15.0. The van der Waals surface area contributed by atoms with E-state index in [1.54, 1.807) is 31.4 Å². The summed E-state index contributed by atoms with van der Waals surface area (Å²) < 4.78 is 31.6. The number of carbonyl (C=O) groups is 1. The zero-order valence-electron chi connectivity index (χ0n) is 14.6. The van der Waals surface area contributed by atoms with Crippen molar-refractivity contribution in [1.29, 1.82) is 0 Å². The Hall–Kier alpha value is -2.38. The van der Waals surface area contributed by atoms with Crippen LogP contribution in [-0.4, -0.2) is 38.8 Å². The molecule has 2 aromatic rings. The van der Waals surface area contributed by atoms with Crippen LogP contribution in [0.2, 0.25) is 0 Å². The van der Waals surface area contributed by atoms with Gasteiger partial charge < -0.3 is 10.1 Å². The van der Waals surface area contributed by atoms with E-state index in [0.717, 1.165) is 24.2 Å². The molecule has 0 saturated carbocycles. The molecule has 26 heavy (non-hydrogen) atoms. The van der Waals surface area contributed by atoms with Gasteiger partial charge in [-0.05, 0) is 54.8 Å². The number of nitrogens with one attached hydrogen (secondary N) is 1. The second-order valence-corrected chi connectivity index (χ2v) is 8.15. The van der Waals surface area contributed by atoms with Crippen LogP contribution in [0.1, 0.15) is 18.4 Å². The molecule has 1 aliphatic rings. The standard InChI is InChI=1S/C19H22N2O4S/c1-25-17-8-4-15(5-9-17)14-19(22)20-16-6-10-18(11-7-16)26(23,24)21-12-2-3-13-21/h4-11H,2-3,12-14H2,1H3,(H,20,22). The minimum Gasteiger partial charge on any atom is -0.497 e. The van der Waals surface area contributed by atoms with Crippen LogP contribution in [0.4, 0.5) is 5.69 Å². The van der Waals surface area contributed by atoms with Crippen molar-refractivity contribution in [3.8, 4) is 5.75 Å². The Morgan fingerprint density at radius 1 is 1.04 bits per heavy atom. The number of carbonyl (C=O) groups excluding carboxylic acids is 1. The van der Waals surface area contributed by atoms with E-state index >= 15 is 0 Å². The van der Waals surface area contributed by atoms with E-state index < -0.39 is 10.0 Å². The summed E-state index contributed by atoms with van der Waals surface area (Å²) in [7, 11) is -1.84. The average molecular weight is 374 g/mol. The largest absolute Gasteiger partial charge is 0.497 e. The van der Waals surface area contributed by atoms with Crippen molar-refractivity contribution in [2.75, 3.05) is 25.5 Å². The molecule has 7 heteroatoms. The summed E-state index contributed by atoms with van der Waals surface area (Å²) in [4.78, 5) is 12.4. The topological polar surface area (TPSA) is 75.7 Å². The molecular formula is C19H22N2O4S. The molecule has 1 heterocycles. The lowest BCUT2D eigenvalue weighted by atomic mass is 10.1. The Labute approximate surface area is 153 Å². The molecule has 1 aliphatic heterocycles. The summed E-state index contributed by atoms with van der Waals surface area (Å²) >= 11 is 0. The van der Waals surface area contributed by atoms with Gasteiger partial charge in [-0.25, -0.2) is 8.42 Å². The zero-order valence-corrected chi connectivity index (χ0v) is 15.5. The van der Waals surface area contributed by atoms with E-state index in [9.17, 15) is 13.2 Å². The number of nitrogens with zero attached hydrogens (tertiary/aromatic N) is 1. The number of ether oxygens (including phenoxy) is 1. The fraction of sp³-hybridized carbons (Fsp3) is 0.316. The van der Waals surface area contributed by atoms with Gasteiger partial charge in [-0.1, -0.05) is 12.1 Å². The molecule has 1 fully saturated rings. The maximum Gasteiger partial charge on any atom is 0.243 e. The highest BCUT2D eigenvalue weighted by atomic mass is 32.2. The molecule has 0 unspecified atom stereocenters. The molecule has 0 radical (unpaired) electrons. The Kier molecular flexibility index (Phi) is 5.58. The SMILES string of the molecule is COc1ccc(CC(=O)Nc2ccc(S(=O)(=O)N3CCCC3)cc2)cc1. The number of amides is 1. The smallest absolute Gasteiger partial charge is 0.243 e. The lowest BCUT2D eigenvalue weighted by Gasteiger charge is -2.15. The molecule has 1 N–H and O–H groups in total. The van der Waals surface area contributed by atoms with Gasteiger partial charge in [0, 0.05) is 18.8 Å². The van der Waals surface area contributed by atoms with Crippen molar-refractivity contribution in [3.05, 3.63) is 54.1 Å². The van der Waals surface area contributed by atoms with Gasteiger partial charge >= 0.3 is 0 Å². The summed E-state index contributed by atoms with van der Waals surface area (Å²) in [6.07, 6.45) is 2.04. The number of anilines is 1. The Morgan fingerprint density at radius 3 is 2.23 bits per heavy atom. The van der Waals surface area contributed by atoms with Gasteiger partial charge in [0.2, 0.25) is 15.9 Å². The number of rotatable bonds is 6. The van der Waals surface area contributed by atoms with Crippen molar-refractivity contribution in [3.63, 3.8) is 0 Å². The summed E-state index contributed by atoms with van der Waals surface area (Å²) in [5.41, 5.74) is 1.44. The molecule has 138 valence electrons. The van der Waals surface area contributed by atoms with Gasteiger partial charge in [0.25, 0.3) is 0 Å². The first-order valence-electron chi connectivity index (χ1n) is 8.52. The number of sulfonamides is 1. The monoisotopic (exact) mass is 374 g/mol. The van der Waals surface area contributed by atoms with Crippen molar-refractivity contribution < 1.29 is 17.9 Å². The zero-order chi connectivity index (χ0) is 18.6. The highest BCUT2D eigenvalue weighted by molar-refractivity contribution is 7.89. The van der Waals surface area contributed by atoms with Crippen molar-refractivity contribution >= 4 is 21.6 Å². The summed E-state index contributed by atoms with van der Waals surface area (Å²) in [5, 5.41) is 2.79. The van der Waals surface area contributed by atoms with Crippen LogP contribution in [0, 0.1) is 0 Å². The molecule has 6 nitrogen and oxygen atoms in total. The predicted octanol–water partition coefficient (Wildman–Crippen LogP) is 2.66. The summed E-state index contributed by atoms with van der Waals surface area (Å²) in [6.45, 7) is 1.14. The van der Waals surface area contributed by atoms with Gasteiger partial charge in [0.15, 0.2) is 0 Å². The third-order valence-electron chi connectivity index (χ3n) is 4.36. The molecule has 0 aromatic heterocycles. The van der Waals surface area contributed by atoms with Gasteiger partial charge in [0.05, 0.1) is 18.4 Å². The van der Waals surface area contributed by atoms with E-state index in [4.69, 9.17) is 4.74 Å². The van der Waals surface area contributed by atoms with Crippen LogP contribution in [0.25, 0.3) is 0 Å². The van der Waals surface area contributed by atoms with E-state index in [1.807, 2.05) is 12.1 Å². The van der Waals surface area contributed by atoms with Crippen molar-refractivity contribution in [1.82, 2.24) is 4.31 Å². The van der Waals surface area contributed by atoms with Crippen LogP contribution >= 0.6 is 0 Å². The number of hydrogen-bond donors (Lipinski definition) is 1. The van der Waals surface area contributed by atoms with E-state index in [-0.39, 0.29) is 17.2 Å². The second kappa shape index (κ2) is 7.88. The molecule has 0 bridgehead atoms. The van der Waals surface area contributed by atoms with Crippen molar-refractivity contribution in [2.45, 2.75) is 24.2 Å². The highest BCUT2D eigenvalue weighted by Crippen LogP contribution is 2.22. The molecular weight excluding hydrogens is 352 g/mol. The first-order chi connectivity index (χ1) is 12.5. The fourth-order valence-corrected chi connectivity index (χ4v) is 4.44. The first-order valence-corrected chi connectivity index (χ1v) is 9.96. The number of hydrogen-bond acceptors (Lipinski definition) is 4. The Balaban J connectivity index is 1.62. The van der Waals surface area contributed by atoms with Crippen LogP contribution in [0.15, 0.2) is 53.4 Å². The summed E-state index contributed by atoms with van der Waals surface area (Å²) in [6, 6.07) is 13.6. The Bertz CT molecular complexity index is 855. The van der Waals surface area contributed by atoms with Gasteiger partial charge in [0.1, 0.15) is 5.75 Å². The minimum absolute atomic E-state index is 0.162. The Morgan fingerprint density at radius 2 is 1.65 bits per heavy atom. The van der Waals surface area contributed by atoms with Gasteiger partial charge in [-0.3, -0.25) is 4.79 Å². The van der Waals surface area contributed by atoms with Crippen LogP contribution in [0.5, 0.6) is 5.75 Å². The summed E-state index contributed by atoms with van der Waals surface area (Å²) in [5.74, 6) is 0.578. The van der Waals surface area contributed by atoms with Gasteiger partial charge in [-0.2, -0.15) is 4.31 Å². The number of benzene rings is 2. The van der Waals surface area contributed by atoms with Crippen molar-refractivity contribution in [2.24, 2.45) is 0 Å². The quantitative estimate of drug-likeness (QED) is 0.843. The molecule has 3 rings (SSSR count). The third kappa shape index (κ3) is 4.23. The maximum atomic E-state index is 12.5. The molecule has 0 spiro atoms. The molecule has 0 aliphatic carbocycles. The maximum absolute atomic E-state index is 12.5. The van der Waals surface area contributed by atoms with Gasteiger partial charge in [-0.15, -0.1) is 0 Å². The highest BCUT2D eigenvalue weighted by Gasteiger charge is 2.26. The minimum atomic E-state index is -3.43.